The SMILES string of the molecule is NC(=O)c1cc(-c2csc(NC(=O)[C@@H]3C[C@H]3C3CCNCC3)n2)c[nH]1. The third-order valence-electron chi connectivity index (χ3n) is 5.14. The van der Waals surface area contributed by atoms with Crippen LogP contribution in [-0.2, 0) is 4.79 Å². The fraction of sp³-hybridized carbons (Fsp3) is 0.471. The van der Waals surface area contributed by atoms with Crippen LogP contribution in [0.25, 0.3) is 11.3 Å². The van der Waals surface area contributed by atoms with E-state index in [1.807, 2.05) is 5.38 Å². The summed E-state index contributed by atoms with van der Waals surface area (Å²) in [5, 5.41) is 8.77. The molecule has 132 valence electrons. The predicted molar refractivity (Wildman–Crippen MR) is 96.2 cm³/mol. The van der Waals surface area contributed by atoms with Gasteiger partial charge in [0.25, 0.3) is 5.91 Å². The number of thiazole rings is 1. The lowest BCUT2D eigenvalue weighted by Crippen LogP contribution is -2.29. The molecule has 5 N–H and O–H groups in total. The molecular weight excluding hydrogens is 338 g/mol. The van der Waals surface area contributed by atoms with Gasteiger partial charge in [0.15, 0.2) is 5.13 Å². The van der Waals surface area contributed by atoms with Gasteiger partial charge in [-0.05, 0) is 50.3 Å². The Labute approximate surface area is 149 Å². The number of rotatable bonds is 5. The lowest BCUT2D eigenvalue weighted by molar-refractivity contribution is -0.117. The molecule has 1 saturated heterocycles. The van der Waals surface area contributed by atoms with E-state index in [2.05, 4.69) is 20.6 Å². The van der Waals surface area contributed by atoms with Crippen LogP contribution in [-0.4, -0.2) is 34.9 Å². The van der Waals surface area contributed by atoms with E-state index in [1.165, 1.54) is 24.2 Å². The quantitative estimate of drug-likeness (QED) is 0.652. The number of aromatic amines is 1. The van der Waals surface area contributed by atoms with Crippen LogP contribution in [0.4, 0.5) is 5.13 Å². The topological polar surface area (TPSA) is 113 Å². The standard InChI is InChI=1S/C17H21N5O2S/c18-15(23)13-5-10(7-20-13)14-8-25-17(21-14)22-16(24)12-6-11(12)9-1-3-19-4-2-9/h5,7-9,11-12,19-20H,1-4,6H2,(H2,18,23)(H,21,22,24)/t11-,12+/m0/s1. The number of aromatic nitrogens is 2. The summed E-state index contributed by atoms with van der Waals surface area (Å²) in [6.07, 6.45) is 5.03. The second-order valence-electron chi connectivity index (χ2n) is 6.79. The second kappa shape index (κ2) is 6.61. The Bertz CT molecular complexity index is 793. The summed E-state index contributed by atoms with van der Waals surface area (Å²) in [5.74, 6) is 0.911. The number of primary amides is 1. The van der Waals surface area contributed by atoms with Gasteiger partial charge in [-0.15, -0.1) is 11.3 Å². The molecule has 7 nitrogen and oxygen atoms in total. The number of carbonyl (C=O) groups is 2. The first-order chi connectivity index (χ1) is 12.1. The highest BCUT2D eigenvalue weighted by Crippen LogP contribution is 2.48. The normalized spacial score (nSPS) is 23.4. The van der Waals surface area contributed by atoms with Crippen molar-refractivity contribution >= 4 is 28.3 Å². The van der Waals surface area contributed by atoms with E-state index in [1.54, 1.807) is 12.3 Å². The minimum atomic E-state index is -0.507. The van der Waals surface area contributed by atoms with Gasteiger partial charge in [0.1, 0.15) is 5.69 Å². The van der Waals surface area contributed by atoms with Crippen molar-refractivity contribution in [1.29, 1.82) is 0 Å². The molecule has 0 aromatic carbocycles. The van der Waals surface area contributed by atoms with Crippen molar-refractivity contribution < 1.29 is 9.59 Å². The van der Waals surface area contributed by atoms with E-state index in [4.69, 9.17) is 5.73 Å². The number of piperidine rings is 1. The van der Waals surface area contributed by atoms with Gasteiger partial charge in [0, 0.05) is 23.1 Å². The molecule has 0 spiro atoms. The van der Waals surface area contributed by atoms with Gasteiger partial charge in [-0.3, -0.25) is 9.59 Å². The Kier molecular flexibility index (Phi) is 4.30. The van der Waals surface area contributed by atoms with Crippen LogP contribution in [0.5, 0.6) is 0 Å². The fourth-order valence-corrected chi connectivity index (χ4v) is 4.38. The summed E-state index contributed by atoms with van der Waals surface area (Å²) in [6.45, 7) is 2.13. The maximum absolute atomic E-state index is 12.4. The minimum Gasteiger partial charge on any atom is -0.364 e. The number of nitrogens with one attached hydrogen (secondary N) is 3. The van der Waals surface area contributed by atoms with Crippen LogP contribution in [0, 0.1) is 17.8 Å². The summed E-state index contributed by atoms with van der Waals surface area (Å²) in [4.78, 5) is 30.9. The zero-order valence-electron chi connectivity index (χ0n) is 13.7. The Morgan fingerprint density at radius 2 is 2.12 bits per heavy atom. The third kappa shape index (κ3) is 3.45. The zero-order valence-corrected chi connectivity index (χ0v) is 14.6. The average Bonchev–Trinajstić information content (AvgIpc) is 3.03. The Balaban J connectivity index is 1.36. The highest BCUT2D eigenvalue weighted by atomic mass is 32.1. The van der Waals surface area contributed by atoms with E-state index >= 15 is 0 Å². The van der Waals surface area contributed by atoms with Gasteiger partial charge in [0.2, 0.25) is 5.91 Å². The molecule has 4 rings (SSSR count). The van der Waals surface area contributed by atoms with Gasteiger partial charge >= 0.3 is 0 Å². The molecule has 0 bridgehead atoms. The van der Waals surface area contributed by atoms with Crippen molar-refractivity contribution in [3.63, 3.8) is 0 Å². The number of carbonyl (C=O) groups excluding carboxylic acids is 2. The van der Waals surface area contributed by atoms with Crippen molar-refractivity contribution in [2.75, 3.05) is 18.4 Å². The van der Waals surface area contributed by atoms with Crippen LogP contribution in [0.1, 0.15) is 29.8 Å². The number of anilines is 1. The molecule has 1 saturated carbocycles. The van der Waals surface area contributed by atoms with Crippen LogP contribution in [0.15, 0.2) is 17.6 Å². The molecular formula is C17H21N5O2S. The maximum atomic E-state index is 12.4. The molecule has 8 heteroatoms. The molecule has 1 aliphatic heterocycles. The van der Waals surface area contributed by atoms with Crippen LogP contribution in [0.2, 0.25) is 0 Å². The van der Waals surface area contributed by atoms with E-state index in [0.29, 0.717) is 22.7 Å². The fourth-order valence-electron chi connectivity index (χ4n) is 3.66. The van der Waals surface area contributed by atoms with E-state index in [-0.39, 0.29) is 11.8 Å². The average molecular weight is 359 g/mol. The van der Waals surface area contributed by atoms with E-state index < -0.39 is 5.91 Å². The van der Waals surface area contributed by atoms with Crippen LogP contribution >= 0.6 is 11.3 Å². The first-order valence-electron chi connectivity index (χ1n) is 8.57. The monoisotopic (exact) mass is 359 g/mol. The van der Waals surface area contributed by atoms with Crippen molar-refractivity contribution in [3.8, 4) is 11.3 Å². The van der Waals surface area contributed by atoms with Crippen molar-refractivity contribution in [3.05, 3.63) is 23.3 Å². The van der Waals surface area contributed by atoms with Gasteiger partial charge in [-0.2, -0.15) is 0 Å². The van der Waals surface area contributed by atoms with Gasteiger partial charge in [-0.1, -0.05) is 0 Å². The van der Waals surface area contributed by atoms with Crippen molar-refractivity contribution in [2.45, 2.75) is 19.3 Å². The Morgan fingerprint density at radius 1 is 1.32 bits per heavy atom. The molecule has 3 heterocycles. The van der Waals surface area contributed by atoms with E-state index in [9.17, 15) is 9.59 Å². The lowest BCUT2D eigenvalue weighted by atomic mass is 9.92. The summed E-state index contributed by atoms with van der Waals surface area (Å²) in [5.41, 5.74) is 7.09. The number of nitrogens with zero attached hydrogens (tertiary/aromatic N) is 1. The van der Waals surface area contributed by atoms with Gasteiger partial charge in [0.05, 0.1) is 5.69 Å². The summed E-state index contributed by atoms with van der Waals surface area (Å²) in [6, 6.07) is 1.66. The molecule has 2 fully saturated rings. The van der Waals surface area contributed by atoms with Crippen LogP contribution < -0.4 is 16.4 Å². The molecule has 2 aromatic rings. The predicted octanol–water partition coefficient (Wildman–Crippen LogP) is 1.81. The lowest BCUT2D eigenvalue weighted by Gasteiger charge is -2.22. The molecule has 0 radical (unpaired) electrons. The smallest absolute Gasteiger partial charge is 0.265 e. The number of H-pyrrole nitrogens is 1. The first-order valence-corrected chi connectivity index (χ1v) is 9.45. The molecule has 2 aliphatic rings. The maximum Gasteiger partial charge on any atom is 0.265 e. The third-order valence-corrected chi connectivity index (χ3v) is 5.90. The second-order valence-corrected chi connectivity index (χ2v) is 7.65. The summed E-state index contributed by atoms with van der Waals surface area (Å²) < 4.78 is 0. The molecule has 1 aliphatic carbocycles. The number of amides is 2. The molecule has 0 unspecified atom stereocenters. The highest BCUT2D eigenvalue weighted by Gasteiger charge is 2.47. The number of hydrogen-bond donors (Lipinski definition) is 4. The summed E-state index contributed by atoms with van der Waals surface area (Å²) in [7, 11) is 0. The van der Waals surface area contributed by atoms with Crippen LogP contribution in [0.3, 0.4) is 0 Å². The molecule has 2 atom stereocenters. The summed E-state index contributed by atoms with van der Waals surface area (Å²) >= 11 is 1.39. The molecule has 25 heavy (non-hydrogen) atoms. The molecule has 2 aromatic heterocycles. The minimum absolute atomic E-state index is 0.0799. The first kappa shape index (κ1) is 16.3. The van der Waals surface area contributed by atoms with Gasteiger partial charge in [-0.25, -0.2) is 4.98 Å². The number of nitrogens with two attached hydrogens (primary N) is 1. The van der Waals surface area contributed by atoms with E-state index in [0.717, 1.165) is 30.8 Å². The largest absolute Gasteiger partial charge is 0.364 e. The highest BCUT2D eigenvalue weighted by molar-refractivity contribution is 7.14. The van der Waals surface area contributed by atoms with Crippen molar-refractivity contribution in [1.82, 2.24) is 15.3 Å². The Morgan fingerprint density at radius 3 is 2.84 bits per heavy atom. The number of hydrogen-bond acceptors (Lipinski definition) is 5. The zero-order chi connectivity index (χ0) is 17.4. The van der Waals surface area contributed by atoms with Gasteiger partial charge < -0.3 is 21.4 Å². The van der Waals surface area contributed by atoms with Crippen molar-refractivity contribution in [2.24, 2.45) is 23.5 Å². The Hall–Kier alpha value is -2.19. The molecule has 2 amide bonds.